The van der Waals surface area contributed by atoms with Gasteiger partial charge in [-0.1, -0.05) is 0 Å². The first-order valence-electron chi connectivity index (χ1n) is 5.47. The number of nitrogens with zero attached hydrogens (tertiary/aromatic N) is 1. The van der Waals surface area contributed by atoms with Crippen LogP contribution in [-0.4, -0.2) is 30.4 Å². The van der Waals surface area contributed by atoms with Crippen molar-refractivity contribution in [2.24, 2.45) is 0 Å². The molecule has 94 valence electrons. The summed E-state index contributed by atoms with van der Waals surface area (Å²) in [5.74, 6) is 0. The van der Waals surface area contributed by atoms with E-state index in [0.717, 1.165) is 21.9 Å². The van der Waals surface area contributed by atoms with Crippen molar-refractivity contribution in [2.75, 3.05) is 14.2 Å². The van der Waals surface area contributed by atoms with Crippen LogP contribution in [0, 0.1) is 0 Å². The first-order chi connectivity index (χ1) is 8.13. The largest absolute Gasteiger partial charge is 0.388 e. The van der Waals surface area contributed by atoms with Crippen LogP contribution in [0.5, 0.6) is 0 Å². The van der Waals surface area contributed by atoms with Crippen LogP contribution in [-0.2, 0) is 4.84 Å². The molecule has 0 bridgehead atoms. The third-order valence-electron chi connectivity index (χ3n) is 2.99. The van der Waals surface area contributed by atoms with E-state index in [2.05, 4.69) is 5.32 Å². The average molecular weight is 256 g/mol. The molecule has 0 saturated carbocycles. The highest BCUT2D eigenvalue weighted by molar-refractivity contribution is 7.10. The molecule has 0 spiro atoms. The number of hydrogen-bond donors (Lipinski definition) is 2. The van der Waals surface area contributed by atoms with E-state index < -0.39 is 6.10 Å². The van der Waals surface area contributed by atoms with E-state index in [1.54, 1.807) is 7.05 Å². The van der Waals surface area contributed by atoms with E-state index in [-0.39, 0.29) is 12.1 Å². The van der Waals surface area contributed by atoms with Crippen LogP contribution in [0.3, 0.4) is 0 Å². The number of aliphatic hydroxyl groups excluding tert-OH is 1. The van der Waals surface area contributed by atoms with Gasteiger partial charge in [0, 0.05) is 11.9 Å². The normalized spacial score (nSPS) is 23.0. The molecule has 2 atom stereocenters. The van der Waals surface area contributed by atoms with Crippen LogP contribution in [0.25, 0.3) is 0 Å². The van der Waals surface area contributed by atoms with Crippen molar-refractivity contribution in [3.05, 3.63) is 21.9 Å². The highest BCUT2D eigenvalue weighted by atomic mass is 32.1. The molecule has 0 aliphatic heterocycles. The monoisotopic (exact) mass is 256 g/mol. The summed E-state index contributed by atoms with van der Waals surface area (Å²) in [6.07, 6.45) is 1.03. The lowest BCUT2D eigenvalue weighted by molar-refractivity contribution is -0.0658. The van der Waals surface area contributed by atoms with Crippen LogP contribution >= 0.6 is 11.3 Å². The summed E-state index contributed by atoms with van der Waals surface area (Å²) in [6.45, 7) is 0. The van der Waals surface area contributed by atoms with Crippen LogP contribution in [0.4, 0.5) is 4.79 Å². The van der Waals surface area contributed by atoms with Gasteiger partial charge in [0.05, 0.1) is 19.3 Å². The molecule has 5 nitrogen and oxygen atoms in total. The number of aliphatic hydroxyl groups is 1. The topological polar surface area (TPSA) is 61.8 Å². The van der Waals surface area contributed by atoms with Crippen molar-refractivity contribution in [3.63, 3.8) is 0 Å². The predicted octanol–water partition coefficient (Wildman–Crippen LogP) is 1.82. The lowest BCUT2D eigenvalue weighted by Gasteiger charge is -2.28. The Morgan fingerprint density at radius 3 is 3.12 bits per heavy atom. The van der Waals surface area contributed by atoms with Crippen molar-refractivity contribution in [3.8, 4) is 0 Å². The van der Waals surface area contributed by atoms with Gasteiger partial charge in [-0.15, -0.1) is 11.3 Å². The minimum atomic E-state index is -0.390. The Morgan fingerprint density at radius 1 is 1.65 bits per heavy atom. The maximum atomic E-state index is 11.7. The van der Waals surface area contributed by atoms with Crippen molar-refractivity contribution in [1.29, 1.82) is 0 Å². The first kappa shape index (κ1) is 12.3. The number of fused-ring (bicyclic) bond motifs is 1. The number of rotatable bonds is 2. The summed E-state index contributed by atoms with van der Waals surface area (Å²) in [4.78, 5) is 17.5. The molecule has 1 aliphatic carbocycles. The molecule has 2 unspecified atom stereocenters. The van der Waals surface area contributed by atoms with Gasteiger partial charge in [0.25, 0.3) is 0 Å². The van der Waals surface area contributed by atoms with Crippen molar-refractivity contribution >= 4 is 17.4 Å². The Morgan fingerprint density at radius 2 is 2.41 bits per heavy atom. The Bertz CT molecular complexity index is 407. The highest BCUT2D eigenvalue weighted by Gasteiger charge is 2.28. The van der Waals surface area contributed by atoms with Crippen molar-refractivity contribution < 1.29 is 14.7 Å². The van der Waals surface area contributed by atoms with E-state index in [1.165, 1.54) is 18.4 Å². The zero-order valence-electron chi connectivity index (χ0n) is 9.84. The van der Waals surface area contributed by atoms with Crippen molar-refractivity contribution in [2.45, 2.75) is 25.0 Å². The maximum Gasteiger partial charge on any atom is 0.341 e. The van der Waals surface area contributed by atoms with E-state index in [1.807, 2.05) is 11.4 Å². The third-order valence-corrected chi connectivity index (χ3v) is 4.03. The van der Waals surface area contributed by atoms with E-state index in [0.29, 0.717) is 6.42 Å². The van der Waals surface area contributed by atoms with Crippen LogP contribution < -0.4 is 5.32 Å². The van der Waals surface area contributed by atoms with E-state index in [9.17, 15) is 9.90 Å². The van der Waals surface area contributed by atoms with Gasteiger partial charge in [0.15, 0.2) is 0 Å². The second-order valence-electron chi connectivity index (χ2n) is 4.02. The van der Waals surface area contributed by atoms with Crippen LogP contribution in [0.2, 0.25) is 0 Å². The van der Waals surface area contributed by atoms with Crippen LogP contribution in [0.15, 0.2) is 11.4 Å². The van der Waals surface area contributed by atoms with Gasteiger partial charge in [0.2, 0.25) is 0 Å². The minimum absolute atomic E-state index is 0.0373. The fraction of sp³-hybridized carbons (Fsp3) is 0.545. The molecule has 0 fully saturated rings. The Labute approximate surface area is 104 Å². The Kier molecular flexibility index (Phi) is 3.66. The first-order valence-corrected chi connectivity index (χ1v) is 6.35. The molecule has 1 aliphatic rings. The number of hydrogen-bond acceptors (Lipinski definition) is 4. The molecule has 1 aromatic heterocycles. The summed E-state index contributed by atoms with van der Waals surface area (Å²) >= 11 is 1.53. The molecule has 1 heterocycles. The number of urea groups is 1. The summed E-state index contributed by atoms with van der Waals surface area (Å²) in [5, 5.41) is 15.8. The summed E-state index contributed by atoms with van der Waals surface area (Å²) < 4.78 is 0. The maximum absolute atomic E-state index is 11.7. The quantitative estimate of drug-likeness (QED) is 0.793. The summed E-state index contributed by atoms with van der Waals surface area (Å²) in [7, 11) is 3.00. The van der Waals surface area contributed by atoms with Gasteiger partial charge >= 0.3 is 6.03 Å². The number of hydroxylamine groups is 2. The zero-order chi connectivity index (χ0) is 12.4. The van der Waals surface area contributed by atoms with Gasteiger partial charge in [-0.3, -0.25) is 4.84 Å². The molecule has 6 heteroatoms. The summed E-state index contributed by atoms with van der Waals surface area (Å²) in [5.41, 5.74) is 1.02. The van der Waals surface area contributed by atoms with Crippen LogP contribution in [0.1, 0.15) is 35.4 Å². The fourth-order valence-corrected chi connectivity index (χ4v) is 2.96. The fourth-order valence-electron chi connectivity index (χ4n) is 1.97. The number of amides is 2. The molecule has 0 radical (unpaired) electrons. The second kappa shape index (κ2) is 5.03. The number of carbonyl (C=O) groups is 1. The lowest BCUT2D eigenvalue weighted by Crippen LogP contribution is -2.39. The predicted molar refractivity (Wildman–Crippen MR) is 64.6 cm³/mol. The minimum Gasteiger partial charge on any atom is -0.388 e. The standard InChI is InChI=1S/C11H16N2O3S/c1-13(16-2)11(15)12-8-3-4-9(14)10-7(8)5-6-17-10/h5-6,8-9,14H,3-4H2,1-2H3,(H,12,15). The smallest absolute Gasteiger partial charge is 0.341 e. The zero-order valence-corrected chi connectivity index (χ0v) is 10.7. The van der Waals surface area contributed by atoms with E-state index >= 15 is 0 Å². The highest BCUT2D eigenvalue weighted by Crippen LogP contribution is 2.39. The third kappa shape index (κ3) is 2.43. The van der Waals surface area contributed by atoms with Crippen molar-refractivity contribution in [1.82, 2.24) is 10.4 Å². The molecule has 2 rings (SSSR count). The molecule has 0 aromatic carbocycles. The molecule has 2 N–H and O–H groups in total. The lowest BCUT2D eigenvalue weighted by atomic mass is 9.92. The van der Waals surface area contributed by atoms with Gasteiger partial charge < -0.3 is 10.4 Å². The molecular weight excluding hydrogens is 240 g/mol. The molecule has 2 amide bonds. The second-order valence-corrected chi connectivity index (χ2v) is 4.96. The number of carbonyl (C=O) groups excluding carboxylic acids is 1. The number of thiophene rings is 1. The van der Waals surface area contributed by atoms with Gasteiger partial charge in [-0.05, 0) is 29.9 Å². The average Bonchev–Trinajstić information content (AvgIpc) is 2.81. The van der Waals surface area contributed by atoms with Gasteiger partial charge in [0.1, 0.15) is 0 Å². The number of nitrogens with one attached hydrogen (secondary N) is 1. The Balaban J connectivity index is 2.10. The molecule has 1 aromatic rings. The van der Waals surface area contributed by atoms with E-state index in [4.69, 9.17) is 4.84 Å². The van der Waals surface area contributed by atoms with Gasteiger partial charge in [-0.25, -0.2) is 9.86 Å². The molecule has 0 saturated heterocycles. The Hall–Kier alpha value is -1.11. The SMILES string of the molecule is CON(C)C(=O)NC1CCC(O)c2sccc21. The summed E-state index contributed by atoms with van der Waals surface area (Å²) in [6, 6.07) is 1.65. The molecular formula is C11H16N2O3S. The molecule has 17 heavy (non-hydrogen) atoms. The van der Waals surface area contributed by atoms with Gasteiger partial charge in [-0.2, -0.15) is 0 Å².